The molecule has 7 heteroatoms. The van der Waals surface area contributed by atoms with Crippen molar-refractivity contribution < 1.29 is 28.5 Å². The van der Waals surface area contributed by atoms with Crippen molar-refractivity contribution in [3.63, 3.8) is 0 Å². The van der Waals surface area contributed by atoms with Crippen molar-refractivity contribution in [1.29, 1.82) is 0 Å². The van der Waals surface area contributed by atoms with E-state index in [0.29, 0.717) is 38.8 Å². The van der Waals surface area contributed by atoms with E-state index in [1.165, 1.54) is 65.6 Å². The lowest BCUT2D eigenvalue weighted by atomic mass is 9.94. The number of hydrogen-bond donors (Lipinski definition) is 0. The van der Waals surface area contributed by atoms with Gasteiger partial charge in [-0.1, -0.05) is 58.3 Å². The molecule has 0 bridgehead atoms. The van der Waals surface area contributed by atoms with Crippen molar-refractivity contribution in [2.75, 3.05) is 54.7 Å². The first-order chi connectivity index (χ1) is 17.4. The fourth-order valence-electron chi connectivity index (χ4n) is 4.87. The second kappa shape index (κ2) is 20.8. The average molecular weight is 514 g/mol. The first-order valence-electron chi connectivity index (χ1n) is 14.4. The van der Waals surface area contributed by atoms with E-state index in [4.69, 9.17) is 14.2 Å². The molecule has 1 fully saturated rings. The number of unbranched alkanes of at least 4 members (excludes halogenated alkanes) is 7. The summed E-state index contributed by atoms with van der Waals surface area (Å²) >= 11 is 0. The molecule has 0 saturated heterocycles. The summed E-state index contributed by atoms with van der Waals surface area (Å²) in [4.78, 5) is 25.7. The van der Waals surface area contributed by atoms with Crippen LogP contribution in [0.15, 0.2) is 0 Å². The molecule has 0 aromatic rings. The lowest BCUT2D eigenvalue weighted by Gasteiger charge is -2.24. The van der Waals surface area contributed by atoms with Crippen molar-refractivity contribution >= 4 is 11.9 Å². The van der Waals surface area contributed by atoms with Crippen molar-refractivity contribution in [3.05, 3.63) is 0 Å². The van der Waals surface area contributed by atoms with Gasteiger partial charge in [0, 0.05) is 19.6 Å². The maximum atomic E-state index is 12.4. The minimum absolute atomic E-state index is 0.0252. The molecule has 4 atom stereocenters. The number of likely N-dealkylation sites (N-methyl/N-ethyl adjacent to an activating group) is 1. The van der Waals surface area contributed by atoms with Crippen LogP contribution in [0.2, 0.25) is 0 Å². The molecule has 36 heavy (non-hydrogen) atoms. The zero-order valence-electron chi connectivity index (χ0n) is 23.9. The van der Waals surface area contributed by atoms with Crippen molar-refractivity contribution in [1.82, 2.24) is 4.90 Å². The number of nitrogens with zero attached hydrogens (tertiary/aromatic N) is 1. The van der Waals surface area contributed by atoms with Gasteiger partial charge < -0.3 is 23.8 Å². The number of carbonyl (C=O) groups excluding carboxylic acids is 2. The van der Waals surface area contributed by atoms with Crippen LogP contribution in [0.25, 0.3) is 0 Å². The van der Waals surface area contributed by atoms with E-state index < -0.39 is 0 Å². The SMILES string of the molecule is CCCCCCCCC1CC1C(CCCCOCC(COCCCCC(=O)OC)N(C)C)C(=O)OC. The van der Waals surface area contributed by atoms with Gasteiger partial charge in [-0.25, -0.2) is 0 Å². The van der Waals surface area contributed by atoms with Crippen LogP contribution < -0.4 is 0 Å². The van der Waals surface area contributed by atoms with Gasteiger partial charge in [0.2, 0.25) is 0 Å². The van der Waals surface area contributed by atoms with Gasteiger partial charge in [0.15, 0.2) is 0 Å². The number of hydrogen-bond acceptors (Lipinski definition) is 7. The first kappa shape index (κ1) is 32.8. The molecular formula is C29H55NO6. The minimum Gasteiger partial charge on any atom is -0.469 e. The lowest BCUT2D eigenvalue weighted by Crippen LogP contribution is -2.37. The Hall–Kier alpha value is -1.18. The number of esters is 2. The Labute approximate surface area is 220 Å². The van der Waals surface area contributed by atoms with Crippen LogP contribution in [0.1, 0.15) is 96.8 Å². The lowest BCUT2D eigenvalue weighted by molar-refractivity contribution is -0.146. The predicted octanol–water partition coefficient (Wildman–Crippen LogP) is 5.64. The molecule has 0 heterocycles. The maximum Gasteiger partial charge on any atom is 0.308 e. The summed E-state index contributed by atoms with van der Waals surface area (Å²) < 4.78 is 21.5. The Kier molecular flexibility index (Phi) is 19.0. The largest absolute Gasteiger partial charge is 0.469 e. The molecule has 1 rings (SSSR count). The van der Waals surface area contributed by atoms with Crippen molar-refractivity contribution in [3.8, 4) is 0 Å². The second-order valence-corrected chi connectivity index (χ2v) is 10.6. The number of methoxy groups -OCH3 is 2. The Morgan fingerprint density at radius 2 is 1.47 bits per heavy atom. The monoisotopic (exact) mass is 513 g/mol. The molecule has 4 unspecified atom stereocenters. The van der Waals surface area contributed by atoms with Gasteiger partial charge >= 0.3 is 11.9 Å². The standard InChI is InChI=1S/C29H55NO6/c1-6-7-8-9-10-11-16-24-21-27(24)26(29(32)34-5)17-12-14-19-35-22-25(30(2)3)23-36-20-15-13-18-28(31)33-4/h24-27H,6-23H2,1-5H3. The average Bonchev–Trinajstić information content (AvgIpc) is 3.64. The van der Waals surface area contributed by atoms with E-state index in [0.717, 1.165) is 38.0 Å². The quantitative estimate of drug-likeness (QED) is 0.122. The third-order valence-corrected chi connectivity index (χ3v) is 7.48. The maximum absolute atomic E-state index is 12.4. The van der Waals surface area contributed by atoms with E-state index in [-0.39, 0.29) is 23.9 Å². The predicted molar refractivity (Wildman–Crippen MR) is 144 cm³/mol. The molecule has 1 aliphatic rings. The van der Waals surface area contributed by atoms with Crippen LogP contribution in [0, 0.1) is 17.8 Å². The van der Waals surface area contributed by atoms with Gasteiger partial charge in [0.05, 0.1) is 39.4 Å². The molecule has 1 aliphatic carbocycles. The molecular weight excluding hydrogens is 458 g/mol. The third-order valence-electron chi connectivity index (χ3n) is 7.48. The molecule has 7 nitrogen and oxygen atoms in total. The molecule has 0 aliphatic heterocycles. The topological polar surface area (TPSA) is 74.3 Å². The Morgan fingerprint density at radius 3 is 2.08 bits per heavy atom. The summed E-state index contributed by atoms with van der Waals surface area (Å²) in [6, 6.07) is 0.197. The highest BCUT2D eigenvalue weighted by molar-refractivity contribution is 5.73. The fourth-order valence-corrected chi connectivity index (χ4v) is 4.87. The van der Waals surface area contributed by atoms with Crippen LogP contribution in [0.3, 0.4) is 0 Å². The van der Waals surface area contributed by atoms with Gasteiger partial charge in [-0.05, 0) is 58.0 Å². The van der Waals surface area contributed by atoms with Crippen molar-refractivity contribution in [2.45, 2.75) is 103 Å². The van der Waals surface area contributed by atoms with Gasteiger partial charge in [0.25, 0.3) is 0 Å². The molecule has 0 amide bonds. The van der Waals surface area contributed by atoms with E-state index in [1.54, 1.807) is 0 Å². The zero-order valence-corrected chi connectivity index (χ0v) is 23.9. The van der Waals surface area contributed by atoms with Crippen LogP contribution in [0.4, 0.5) is 0 Å². The number of carbonyl (C=O) groups is 2. The molecule has 0 radical (unpaired) electrons. The highest BCUT2D eigenvalue weighted by Gasteiger charge is 2.45. The molecule has 1 saturated carbocycles. The first-order valence-corrected chi connectivity index (χ1v) is 14.4. The molecule has 0 aromatic carbocycles. The Bertz CT molecular complexity index is 570. The summed E-state index contributed by atoms with van der Waals surface area (Å²) in [7, 11) is 7.00. The van der Waals surface area contributed by atoms with E-state index >= 15 is 0 Å². The van der Waals surface area contributed by atoms with Gasteiger partial charge in [-0.2, -0.15) is 0 Å². The summed E-state index contributed by atoms with van der Waals surface area (Å²) in [5, 5.41) is 0. The van der Waals surface area contributed by atoms with E-state index in [1.807, 2.05) is 14.1 Å². The minimum atomic E-state index is -0.169. The van der Waals surface area contributed by atoms with Gasteiger partial charge in [-0.15, -0.1) is 0 Å². The van der Waals surface area contributed by atoms with Crippen molar-refractivity contribution in [2.24, 2.45) is 17.8 Å². The summed E-state index contributed by atoms with van der Waals surface area (Å²) in [6.45, 7) is 4.82. The Balaban J connectivity index is 2.16. The number of ether oxygens (including phenoxy) is 4. The number of rotatable bonds is 24. The van der Waals surface area contributed by atoms with Gasteiger partial charge in [0.1, 0.15) is 0 Å². The summed E-state index contributed by atoms with van der Waals surface area (Å²) in [5.41, 5.74) is 0. The van der Waals surface area contributed by atoms with E-state index in [9.17, 15) is 9.59 Å². The summed E-state index contributed by atoms with van der Waals surface area (Å²) in [5.74, 6) is 1.11. The Morgan fingerprint density at radius 1 is 0.833 bits per heavy atom. The van der Waals surface area contributed by atoms with Gasteiger partial charge in [-0.3, -0.25) is 9.59 Å². The fraction of sp³-hybridized carbons (Fsp3) is 0.931. The molecule has 0 N–H and O–H groups in total. The second-order valence-electron chi connectivity index (χ2n) is 10.6. The molecule has 0 spiro atoms. The zero-order chi connectivity index (χ0) is 26.6. The van der Waals surface area contributed by atoms with Crippen LogP contribution >= 0.6 is 0 Å². The smallest absolute Gasteiger partial charge is 0.308 e. The van der Waals surface area contributed by atoms with E-state index in [2.05, 4.69) is 16.6 Å². The normalized spacial score (nSPS) is 18.7. The molecule has 212 valence electrons. The van der Waals surface area contributed by atoms with Crippen LogP contribution in [-0.2, 0) is 28.5 Å². The molecule has 0 aromatic heterocycles. The highest BCUT2D eigenvalue weighted by atomic mass is 16.5. The third kappa shape index (κ3) is 15.2. The van der Waals surface area contributed by atoms with Crippen LogP contribution in [0.5, 0.6) is 0 Å². The van der Waals surface area contributed by atoms with Crippen LogP contribution in [-0.4, -0.2) is 77.6 Å². The summed E-state index contributed by atoms with van der Waals surface area (Å²) in [6.07, 6.45) is 15.4. The highest BCUT2D eigenvalue weighted by Crippen LogP contribution is 2.49.